The van der Waals surface area contributed by atoms with Crippen molar-refractivity contribution in [2.24, 2.45) is 5.73 Å². The molecule has 0 aliphatic rings. The van der Waals surface area contributed by atoms with Gasteiger partial charge in [-0.3, -0.25) is 4.79 Å². The van der Waals surface area contributed by atoms with Crippen molar-refractivity contribution in [2.45, 2.75) is 12.0 Å². The zero-order valence-corrected chi connectivity index (χ0v) is 13.8. The number of carbonyl (C=O) groups is 2. The van der Waals surface area contributed by atoms with Crippen LogP contribution in [0.5, 0.6) is 0 Å². The van der Waals surface area contributed by atoms with Crippen LogP contribution in [0.2, 0.25) is 0 Å². The molecule has 0 bridgehead atoms. The van der Waals surface area contributed by atoms with E-state index in [-0.39, 0.29) is 12.0 Å². The lowest BCUT2D eigenvalue weighted by Gasteiger charge is -2.21. The lowest BCUT2D eigenvalue weighted by Crippen LogP contribution is -2.56. The van der Waals surface area contributed by atoms with Gasteiger partial charge in [0.2, 0.25) is 0 Å². The summed E-state index contributed by atoms with van der Waals surface area (Å²) in [6, 6.07) is 13.2. The Kier molecular flexibility index (Phi) is 4.69. The number of halogens is 1. The van der Waals surface area contributed by atoms with E-state index >= 15 is 0 Å². The van der Waals surface area contributed by atoms with Crippen molar-refractivity contribution in [1.82, 2.24) is 4.98 Å². The summed E-state index contributed by atoms with van der Waals surface area (Å²) in [5.41, 5.74) is 5.44. The van der Waals surface area contributed by atoms with E-state index in [1.165, 1.54) is 24.3 Å². The minimum absolute atomic E-state index is 0.181. The molecule has 26 heavy (non-hydrogen) atoms. The number of hydrogen-bond acceptors (Lipinski definition) is 3. The van der Waals surface area contributed by atoms with Crippen LogP contribution in [-0.2, 0) is 16.0 Å². The van der Waals surface area contributed by atoms with Gasteiger partial charge in [0.15, 0.2) is 11.3 Å². The van der Waals surface area contributed by atoms with Gasteiger partial charge in [0.1, 0.15) is 5.82 Å². The third-order valence-electron chi connectivity index (χ3n) is 4.29. The van der Waals surface area contributed by atoms with E-state index in [9.17, 15) is 19.1 Å². The number of benzene rings is 2. The van der Waals surface area contributed by atoms with E-state index in [0.29, 0.717) is 5.56 Å². The molecule has 6 heteroatoms. The van der Waals surface area contributed by atoms with Gasteiger partial charge >= 0.3 is 5.97 Å². The number of carboxylic acids is 1. The van der Waals surface area contributed by atoms with E-state index < -0.39 is 23.1 Å². The molecule has 0 spiro atoms. The number of ketones is 1. The average Bonchev–Trinajstić information content (AvgIpc) is 3.03. The first-order valence-electron chi connectivity index (χ1n) is 7.96. The number of carbonyl (C=O) groups excluding carboxylic acids is 1. The molecule has 132 valence electrons. The molecule has 0 radical (unpaired) electrons. The van der Waals surface area contributed by atoms with Crippen molar-refractivity contribution in [2.75, 3.05) is 0 Å². The third kappa shape index (κ3) is 3.27. The molecule has 1 aromatic heterocycles. The van der Waals surface area contributed by atoms with Crippen LogP contribution in [0.4, 0.5) is 4.39 Å². The van der Waals surface area contributed by atoms with Crippen molar-refractivity contribution in [3.05, 3.63) is 77.7 Å². The first-order valence-corrected chi connectivity index (χ1v) is 7.96. The Morgan fingerprint density at radius 1 is 1.15 bits per heavy atom. The number of rotatable bonds is 6. The molecular formula is C20H17FN2O3. The molecule has 1 atom stereocenters. The molecule has 0 aliphatic heterocycles. The highest BCUT2D eigenvalue weighted by molar-refractivity contribution is 6.14. The van der Waals surface area contributed by atoms with Gasteiger partial charge < -0.3 is 15.8 Å². The maximum absolute atomic E-state index is 13.7. The second kappa shape index (κ2) is 6.93. The van der Waals surface area contributed by atoms with Crippen LogP contribution < -0.4 is 5.73 Å². The highest BCUT2D eigenvalue weighted by atomic mass is 19.1. The van der Waals surface area contributed by atoms with Crippen LogP contribution in [0.1, 0.15) is 11.1 Å². The van der Waals surface area contributed by atoms with Crippen LogP contribution in [-0.4, -0.2) is 27.4 Å². The Morgan fingerprint density at radius 3 is 2.58 bits per heavy atom. The average molecular weight is 352 g/mol. The number of aliphatic carboxylic acids is 1. The second-order valence-corrected chi connectivity index (χ2v) is 6.03. The number of aromatic amines is 1. The van der Waals surface area contributed by atoms with Crippen molar-refractivity contribution in [3.63, 3.8) is 0 Å². The summed E-state index contributed by atoms with van der Waals surface area (Å²) in [7, 11) is 0. The van der Waals surface area contributed by atoms with Gasteiger partial charge in [-0.1, -0.05) is 36.4 Å². The SMILES string of the molecule is N[C@](Cc1c[nH]c2ccccc12)(C(=O)O)C(=O)C=Cc1ccccc1F. The minimum Gasteiger partial charge on any atom is -0.480 e. The molecule has 3 rings (SSSR count). The maximum atomic E-state index is 13.7. The number of hydrogen-bond donors (Lipinski definition) is 3. The lowest BCUT2D eigenvalue weighted by atomic mass is 9.87. The number of H-pyrrole nitrogens is 1. The quantitative estimate of drug-likeness (QED) is 0.469. The van der Waals surface area contributed by atoms with Gasteiger partial charge in [0, 0.05) is 29.1 Å². The smallest absolute Gasteiger partial charge is 0.332 e. The Bertz CT molecular complexity index is 1010. The molecule has 0 aliphatic carbocycles. The van der Waals surface area contributed by atoms with Gasteiger partial charge in [-0.05, 0) is 29.8 Å². The Hall–Kier alpha value is -3.25. The molecule has 0 amide bonds. The molecule has 5 nitrogen and oxygen atoms in total. The lowest BCUT2D eigenvalue weighted by molar-refractivity contribution is -0.146. The number of aromatic nitrogens is 1. The number of fused-ring (bicyclic) bond motifs is 1. The molecule has 0 saturated carbocycles. The van der Waals surface area contributed by atoms with Gasteiger partial charge in [0.05, 0.1) is 0 Å². The molecule has 0 unspecified atom stereocenters. The van der Waals surface area contributed by atoms with Gasteiger partial charge in [-0.2, -0.15) is 0 Å². The summed E-state index contributed by atoms with van der Waals surface area (Å²) >= 11 is 0. The van der Waals surface area contributed by atoms with Crippen LogP contribution in [0, 0.1) is 5.82 Å². The fourth-order valence-electron chi connectivity index (χ4n) is 2.77. The van der Waals surface area contributed by atoms with Crippen molar-refractivity contribution in [1.29, 1.82) is 0 Å². The van der Waals surface area contributed by atoms with E-state index in [2.05, 4.69) is 4.98 Å². The van der Waals surface area contributed by atoms with Crippen LogP contribution >= 0.6 is 0 Å². The topological polar surface area (TPSA) is 96.2 Å². The Balaban J connectivity index is 1.91. The Morgan fingerprint density at radius 2 is 1.85 bits per heavy atom. The van der Waals surface area contributed by atoms with Gasteiger partial charge in [-0.25, -0.2) is 9.18 Å². The van der Waals surface area contributed by atoms with Crippen LogP contribution in [0.15, 0.2) is 60.8 Å². The molecular weight excluding hydrogens is 335 g/mol. The third-order valence-corrected chi connectivity index (χ3v) is 4.29. The highest BCUT2D eigenvalue weighted by Crippen LogP contribution is 2.23. The molecule has 3 aromatic rings. The molecule has 1 heterocycles. The van der Waals surface area contributed by atoms with Crippen molar-refractivity contribution in [3.8, 4) is 0 Å². The summed E-state index contributed by atoms with van der Waals surface area (Å²) in [4.78, 5) is 27.3. The van der Waals surface area contributed by atoms with Crippen LogP contribution in [0.25, 0.3) is 17.0 Å². The maximum Gasteiger partial charge on any atom is 0.332 e. The molecule has 0 fully saturated rings. The number of para-hydroxylation sites is 1. The Labute approximate surface area is 149 Å². The minimum atomic E-state index is -2.15. The van der Waals surface area contributed by atoms with Crippen molar-refractivity contribution < 1.29 is 19.1 Å². The van der Waals surface area contributed by atoms with Crippen LogP contribution in [0.3, 0.4) is 0 Å². The number of carboxylic acid groups (broad SMARTS) is 1. The molecule has 4 N–H and O–H groups in total. The first kappa shape index (κ1) is 17.6. The molecule has 2 aromatic carbocycles. The normalized spacial score (nSPS) is 13.8. The van der Waals surface area contributed by atoms with E-state index in [1.54, 1.807) is 12.3 Å². The predicted molar refractivity (Wildman–Crippen MR) is 97.0 cm³/mol. The predicted octanol–water partition coefficient (Wildman–Crippen LogP) is 2.91. The summed E-state index contributed by atoms with van der Waals surface area (Å²) in [6.07, 6.45) is 3.70. The number of nitrogens with two attached hydrogens (primary N) is 1. The van der Waals surface area contributed by atoms with Gasteiger partial charge in [-0.15, -0.1) is 0 Å². The largest absolute Gasteiger partial charge is 0.480 e. The fourth-order valence-corrected chi connectivity index (χ4v) is 2.77. The van der Waals surface area contributed by atoms with E-state index in [0.717, 1.165) is 17.0 Å². The second-order valence-electron chi connectivity index (χ2n) is 6.03. The first-order chi connectivity index (χ1) is 12.4. The zero-order chi connectivity index (χ0) is 18.7. The monoisotopic (exact) mass is 352 g/mol. The van der Waals surface area contributed by atoms with Gasteiger partial charge in [0.25, 0.3) is 0 Å². The number of nitrogens with one attached hydrogen (secondary N) is 1. The standard InChI is InChI=1S/C20H17FN2O3/c21-16-7-3-1-5-13(16)9-10-18(24)20(22,19(25)26)11-14-12-23-17-8-4-2-6-15(14)17/h1-10,12,23H,11,22H2,(H,25,26)/t20-/m0/s1. The fraction of sp³-hybridized carbons (Fsp3) is 0.100. The van der Waals surface area contributed by atoms with Crippen molar-refractivity contribution >= 4 is 28.7 Å². The summed E-state index contributed by atoms with van der Waals surface area (Å²) in [6.45, 7) is 0. The van der Waals surface area contributed by atoms with E-state index in [1.807, 2.05) is 24.3 Å². The summed E-state index contributed by atoms with van der Waals surface area (Å²) in [5.74, 6) is -2.75. The molecule has 0 saturated heterocycles. The zero-order valence-electron chi connectivity index (χ0n) is 13.8. The highest BCUT2D eigenvalue weighted by Gasteiger charge is 2.41. The summed E-state index contributed by atoms with van der Waals surface area (Å²) in [5, 5.41) is 10.4. The summed E-state index contributed by atoms with van der Waals surface area (Å²) < 4.78 is 13.7. The van der Waals surface area contributed by atoms with E-state index in [4.69, 9.17) is 5.73 Å².